The normalized spacial score (nSPS) is 9.36. The van der Waals surface area contributed by atoms with Crippen LogP contribution in [0.25, 0.3) is 0 Å². The fourth-order valence-electron chi connectivity index (χ4n) is 1.05. The number of nitrogens with two attached hydrogens (primary N) is 2. The molecule has 1 aromatic rings. The molecular weight excluding hydrogens is 179 g/mol. The van der Waals surface area contributed by atoms with Gasteiger partial charge in [0.2, 0.25) is 0 Å². The molecule has 5 heteroatoms. The zero-order valence-corrected chi connectivity index (χ0v) is 7.57. The summed E-state index contributed by atoms with van der Waals surface area (Å²) in [7, 11) is 4.93. The summed E-state index contributed by atoms with van der Waals surface area (Å²) in [5, 5.41) is 0. The van der Waals surface area contributed by atoms with Gasteiger partial charge in [-0.3, -0.25) is 0 Å². The molecule has 0 heterocycles. The van der Waals surface area contributed by atoms with Crippen LogP contribution in [0.3, 0.4) is 0 Å². The summed E-state index contributed by atoms with van der Waals surface area (Å²) in [4.78, 5) is 11.0. The van der Waals surface area contributed by atoms with Gasteiger partial charge in [-0.1, -0.05) is 0 Å². The first-order chi connectivity index (χ1) is 6.63. The first kappa shape index (κ1) is 10.3. The van der Waals surface area contributed by atoms with Crippen molar-refractivity contribution in [2.45, 2.75) is 6.42 Å². The van der Waals surface area contributed by atoms with E-state index in [1.165, 1.54) is 0 Å². The topological polar surface area (TPSA) is 78.3 Å². The molecule has 4 N–H and O–H groups in total. The second kappa shape index (κ2) is 4.46. The second-order valence-corrected chi connectivity index (χ2v) is 2.76. The van der Waals surface area contributed by atoms with E-state index in [0.717, 1.165) is 6.15 Å². The molecule has 1 aromatic carbocycles. The van der Waals surface area contributed by atoms with Gasteiger partial charge in [0, 0.05) is 0 Å². The van der Waals surface area contributed by atoms with E-state index in [4.69, 9.17) is 19.0 Å². The van der Waals surface area contributed by atoms with Crippen LogP contribution in [0.4, 0.5) is 11.4 Å². The molecule has 0 bridgehead atoms. The molecule has 1 radical (unpaired) electrons. The third-order valence-corrected chi connectivity index (χ3v) is 1.70. The summed E-state index contributed by atoms with van der Waals surface area (Å²) in [6.07, 6.45) is 0.926. The Morgan fingerprint density at radius 2 is 2.21 bits per heavy atom. The average molecular weight is 189 g/mol. The van der Waals surface area contributed by atoms with Gasteiger partial charge < -0.3 is 0 Å². The number of nitrogen functional groups attached to an aromatic ring is 2. The zero-order chi connectivity index (χ0) is 10.6. The monoisotopic (exact) mass is 189 g/mol. The van der Waals surface area contributed by atoms with Crippen molar-refractivity contribution in [1.82, 2.24) is 0 Å². The Bertz CT molecular complexity index is 366. The minimum absolute atomic E-state index is 0.0831. The van der Waals surface area contributed by atoms with Crippen LogP contribution in [0.15, 0.2) is 18.2 Å². The number of carbonyl (C=O) groups is 1. The van der Waals surface area contributed by atoms with Crippen LogP contribution >= 0.6 is 0 Å². The van der Waals surface area contributed by atoms with Gasteiger partial charge >= 0.3 is 82.2 Å². The van der Waals surface area contributed by atoms with E-state index >= 15 is 0 Å². The molecule has 0 aliphatic carbocycles. The fourth-order valence-corrected chi connectivity index (χ4v) is 1.05. The predicted molar refractivity (Wildman–Crippen MR) is 56.9 cm³/mol. The molecule has 14 heavy (non-hydrogen) atoms. The molecule has 1 rings (SSSR count). The van der Waals surface area contributed by atoms with Crippen molar-refractivity contribution in [2.24, 2.45) is 0 Å². The molecule has 71 valence electrons. The van der Waals surface area contributed by atoms with E-state index in [-0.39, 0.29) is 6.42 Å². The molecule has 0 saturated heterocycles. The maximum atomic E-state index is 11.0. The molecule has 0 atom stereocenters. The van der Waals surface area contributed by atoms with Crippen molar-refractivity contribution in [1.29, 1.82) is 0 Å². The van der Waals surface area contributed by atoms with E-state index in [9.17, 15) is 4.79 Å². The molecule has 4 nitrogen and oxygen atoms in total. The van der Waals surface area contributed by atoms with E-state index < -0.39 is 5.97 Å². The Morgan fingerprint density at radius 3 is 2.79 bits per heavy atom. The summed E-state index contributed by atoms with van der Waals surface area (Å²) < 4.78 is 4.46. The molecule has 0 spiro atoms. The number of anilines is 2. The van der Waals surface area contributed by atoms with Gasteiger partial charge in [-0.25, -0.2) is 0 Å². The van der Waals surface area contributed by atoms with Crippen molar-refractivity contribution in [3.63, 3.8) is 0 Å². The Morgan fingerprint density at radius 1 is 1.50 bits per heavy atom. The summed E-state index contributed by atoms with van der Waals surface area (Å²) >= 11 is 0. The predicted octanol–water partition coefficient (Wildman–Crippen LogP) is -0.135. The van der Waals surface area contributed by atoms with Gasteiger partial charge in [0.25, 0.3) is 0 Å². The van der Waals surface area contributed by atoms with Gasteiger partial charge in [-0.2, -0.15) is 0 Å². The van der Waals surface area contributed by atoms with Crippen LogP contribution in [-0.2, 0) is 16.0 Å². The number of esters is 1. The Labute approximate surface area is 82.9 Å². The molecule has 0 aliphatic rings. The van der Waals surface area contributed by atoms with Crippen molar-refractivity contribution in [2.75, 3.05) is 11.5 Å². The Hall–Kier alpha value is -1.78. The van der Waals surface area contributed by atoms with E-state index in [0.29, 0.717) is 16.9 Å². The number of hydrogen-bond donors (Lipinski definition) is 2. The summed E-state index contributed by atoms with van der Waals surface area (Å²) in [5.41, 5.74) is 12.8. The quantitative estimate of drug-likeness (QED) is 0.394. The van der Waals surface area contributed by atoms with Crippen molar-refractivity contribution < 1.29 is 9.53 Å². The first-order valence-corrected chi connectivity index (χ1v) is 4.00. The Kier molecular flexibility index (Phi) is 3.28. The maximum absolute atomic E-state index is 11.0. The Balaban J connectivity index is 2.76. The molecule has 0 unspecified atom stereocenters. The van der Waals surface area contributed by atoms with Crippen molar-refractivity contribution in [3.05, 3.63) is 23.8 Å². The number of ether oxygens (including phenoxy) is 1. The van der Waals surface area contributed by atoms with Gasteiger partial charge in [0.1, 0.15) is 0 Å². The van der Waals surface area contributed by atoms with Crippen LogP contribution in [0.1, 0.15) is 5.56 Å². The minimum atomic E-state index is -0.455. The molecule has 0 aliphatic heterocycles. The SMILES string of the molecule is [B]=COC(=O)Cc1ccc(N)cc1N. The number of hydrogen-bond acceptors (Lipinski definition) is 4. The number of benzene rings is 1. The molecule has 0 fully saturated rings. The van der Waals surface area contributed by atoms with Gasteiger partial charge in [0.15, 0.2) is 0 Å². The standard InChI is InChI=1S/C9H10BN2O2/c10-5-14-9(13)3-6-1-2-7(11)4-8(6)12/h1-2,4-5H,3,11-12H2. The van der Waals surface area contributed by atoms with Crippen molar-refractivity contribution in [3.8, 4) is 0 Å². The fraction of sp³-hybridized carbons (Fsp3) is 0.111. The summed E-state index contributed by atoms with van der Waals surface area (Å²) in [6, 6.07) is 4.95. The molecule has 0 aromatic heterocycles. The molecule has 0 amide bonds. The summed E-state index contributed by atoms with van der Waals surface area (Å²) in [5.74, 6) is -0.455. The van der Waals surface area contributed by atoms with E-state index in [1.54, 1.807) is 18.2 Å². The molecule has 0 saturated carbocycles. The third kappa shape index (κ3) is 2.62. The van der Waals surface area contributed by atoms with Crippen LogP contribution < -0.4 is 11.5 Å². The van der Waals surface area contributed by atoms with E-state index in [1.807, 2.05) is 0 Å². The number of rotatable bonds is 3. The van der Waals surface area contributed by atoms with E-state index in [2.05, 4.69) is 4.74 Å². The third-order valence-electron chi connectivity index (χ3n) is 1.70. The van der Waals surface area contributed by atoms with Crippen LogP contribution in [0, 0.1) is 0 Å². The van der Waals surface area contributed by atoms with Gasteiger partial charge in [-0.15, -0.1) is 0 Å². The average Bonchev–Trinajstić information content (AvgIpc) is 2.10. The number of carbonyl (C=O) groups excluding carboxylic acids is 1. The summed E-state index contributed by atoms with van der Waals surface area (Å²) in [6.45, 7) is 0. The zero-order valence-electron chi connectivity index (χ0n) is 7.57. The van der Waals surface area contributed by atoms with Gasteiger partial charge in [-0.05, 0) is 0 Å². The second-order valence-electron chi connectivity index (χ2n) is 2.76. The molecular formula is C9H10BN2O2. The van der Waals surface area contributed by atoms with Crippen LogP contribution in [-0.4, -0.2) is 19.6 Å². The van der Waals surface area contributed by atoms with Gasteiger partial charge in [0.05, 0.1) is 0 Å². The van der Waals surface area contributed by atoms with Crippen LogP contribution in [0.2, 0.25) is 0 Å². The first-order valence-electron chi connectivity index (χ1n) is 4.00. The van der Waals surface area contributed by atoms with Crippen LogP contribution in [0.5, 0.6) is 0 Å². The van der Waals surface area contributed by atoms with Crippen molar-refractivity contribution >= 4 is 31.0 Å².